The molecule has 0 saturated carbocycles. The fourth-order valence-corrected chi connectivity index (χ4v) is 1.23. The van der Waals surface area contributed by atoms with Crippen molar-refractivity contribution >= 4 is 11.6 Å². The number of rotatable bonds is 2. The lowest BCUT2D eigenvalue weighted by Gasteiger charge is -2.12. The average Bonchev–Trinajstić information content (AvgIpc) is 2.15. The zero-order valence-corrected chi connectivity index (χ0v) is 7.99. The van der Waals surface area contributed by atoms with E-state index >= 15 is 0 Å². The van der Waals surface area contributed by atoms with Gasteiger partial charge in [-0.1, -0.05) is 0 Å². The lowest BCUT2D eigenvalue weighted by Crippen LogP contribution is -2.11. The van der Waals surface area contributed by atoms with Gasteiger partial charge in [-0.2, -0.15) is 13.2 Å². The molecule has 0 fully saturated rings. The Balaban J connectivity index is 3.29. The van der Waals surface area contributed by atoms with Gasteiger partial charge in [-0.15, -0.1) is 11.6 Å². The van der Waals surface area contributed by atoms with Crippen LogP contribution in [0.1, 0.15) is 11.3 Å². The minimum atomic E-state index is -4.52. The van der Waals surface area contributed by atoms with Gasteiger partial charge in [0.15, 0.2) is 11.4 Å². The van der Waals surface area contributed by atoms with Crippen molar-refractivity contribution in [2.45, 2.75) is 12.1 Å². The Morgan fingerprint density at radius 2 is 2.14 bits per heavy atom. The summed E-state index contributed by atoms with van der Waals surface area (Å²) in [4.78, 5) is 3.22. The molecule has 0 aliphatic rings. The molecular formula is C8H7ClF3NO. The first-order valence-corrected chi connectivity index (χ1v) is 4.19. The molecule has 0 atom stereocenters. The van der Waals surface area contributed by atoms with Crippen LogP contribution in [-0.2, 0) is 12.1 Å². The fourth-order valence-electron chi connectivity index (χ4n) is 1.02. The van der Waals surface area contributed by atoms with Crippen LogP contribution in [0.4, 0.5) is 13.2 Å². The Hall–Kier alpha value is -0.970. The molecule has 14 heavy (non-hydrogen) atoms. The van der Waals surface area contributed by atoms with E-state index in [1.807, 2.05) is 0 Å². The summed E-state index contributed by atoms with van der Waals surface area (Å²) >= 11 is 5.46. The molecule has 0 N–H and O–H groups in total. The third-order valence-electron chi connectivity index (χ3n) is 1.60. The summed E-state index contributed by atoms with van der Waals surface area (Å²) in [5.41, 5.74) is -0.769. The zero-order valence-electron chi connectivity index (χ0n) is 7.23. The highest BCUT2D eigenvalue weighted by molar-refractivity contribution is 6.17. The monoisotopic (exact) mass is 225 g/mol. The lowest BCUT2D eigenvalue weighted by molar-refractivity contribution is -0.142. The highest BCUT2D eigenvalue weighted by atomic mass is 35.5. The van der Waals surface area contributed by atoms with Gasteiger partial charge in [0.2, 0.25) is 0 Å². The Bertz CT molecular complexity index is 327. The van der Waals surface area contributed by atoms with Crippen molar-refractivity contribution < 1.29 is 17.9 Å². The quantitative estimate of drug-likeness (QED) is 0.722. The van der Waals surface area contributed by atoms with Crippen LogP contribution < -0.4 is 4.74 Å². The van der Waals surface area contributed by atoms with Crippen LogP contribution in [0.15, 0.2) is 12.3 Å². The maximum atomic E-state index is 12.4. The average molecular weight is 226 g/mol. The number of alkyl halides is 4. The number of pyridine rings is 1. The SMILES string of the molecule is COc1c(CCl)ccnc1C(F)(F)F. The first-order valence-electron chi connectivity index (χ1n) is 3.65. The Labute approximate surface area is 83.7 Å². The molecule has 0 saturated heterocycles. The number of halogens is 4. The normalized spacial score (nSPS) is 11.5. The molecule has 1 aromatic rings. The third kappa shape index (κ3) is 2.09. The van der Waals surface area contributed by atoms with Gasteiger partial charge in [-0.25, -0.2) is 4.98 Å². The number of hydrogen-bond acceptors (Lipinski definition) is 2. The van der Waals surface area contributed by atoms with Crippen molar-refractivity contribution in [2.75, 3.05) is 7.11 Å². The number of nitrogens with zero attached hydrogens (tertiary/aromatic N) is 1. The lowest BCUT2D eigenvalue weighted by atomic mass is 10.2. The molecule has 1 aromatic heterocycles. The molecule has 6 heteroatoms. The summed E-state index contributed by atoms with van der Waals surface area (Å²) in [5, 5.41) is 0. The molecule has 0 aromatic carbocycles. The molecular weight excluding hydrogens is 219 g/mol. The van der Waals surface area contributed by atoms with Gasteiger partial charge in [0, 0.05) is 11.8 Å². The van der Waals surface area contributed by atoms with Gasteiger partial charge < -0.3 is 4.74 Å². The van der Waals surface area contributed by atoms with E-state index in [0.717, 1.165) is 13.3 Å². The molecule has 0 spiro atoms. The van der Waals surface area contributed by atoms with Crippen molar-refractivity contribution in [2.24, 2.45) is 0 Å². The summed E-state index contributed by atoms with van der Waals surface area (Å²) in [6.07, 6.45) is -3.46. The zero-order chi connectivity index (χ0) is 10.8. The van der Waals surface area contributed by atoms with Crippen molar-refractivity contribution in [1.29, 1.82) is 0 Å². The molecule has 1 rings (SSSR count). The largest absolute Gasteiger partial charge is 0.494 e. The molecule has 0 unspecified atom stereocenters. The maximum absolute atomic E-state index is 12.4. The van der Waals surface area contributed by atoms with Crippen molar-refractivity contribution in [1.82, 2.24) is 4.98 Å². The summed E-state index contributed by atoms with van der Waals surface area (Å²) in [7, 11) is 1.16. The van der Waals surface area contributed by atoms with E-state index < -0.39 is 11.9 Å². The molecule has 0 bridgehead atoms. The Kier molecular flexibility index (Phi) is 3.21. The number of aromatic nitrogens is 1. The molecule has 1 heterocycles. The second-order valence-electron chi connectivity index (χ2n) is 2.48. The predicted octanol–water partition coefficient (Wildman–Crippen LogP) is 2.85. The van der Waals surface area contributed by atoms with Crippen molar-refractivity contribution in [3.8, 4) is 5.75 Å². The third-order valence-corrected chi connectivity index (χ3v) is 1.89. The van der Waals surface area contributed by atoms with E-state index in [9.17, 15) is 13.2 Å². The smallest absolute Gasteiger partial charge is 0.437 e. The summed E-state index contributed by atoms with van der Waals surface area (Å²) in [6.45, 7) is 0. The second-order valence-corrected chi connectivity index (χ2v) is 2.75. The van der Waals surface area contributed by atoms with E-state index in [2.05, 4.69) is 9.72 Å². The summed E-state index contributed by atoms with van der Waals surface area (Å²) < 4.78 is 41.7. The van der Waals surface area contributed by atoms with Crippen LogP contribution in [-0.4, -0.2) is 12.1 Å². The highest BCUT2D eigenvalue weighted by Gasteiger charge is 2.37. The van der Waals surface area contributed by atoms with Crippen molar-refractivity contribution in [3.05, 3.63) is 23.5 Å². The fraction of sp³-hybridized carbons (Fsp3) is 0.375. The van der Waals surface area contributed by atoms with E-state index in [4.69, 9.17) is 11.6 Å². The van der Waals surface area contributed by atoms with Gasteiger partial charge >= 0.3 is 6.18 Å². The molecule has 0 aliphatic carbocycles. The van der Waals surface area contributed by atoms with Gasteiger partial charge in [-0.05, 0) is 6.07 Å². The topological polar surface area (TPSA) is 22.1 Å². The second kappa shape index (κ2) is 4.04. The van der Waals surface area contributed by atoms with Gasteiger partial charge in [-0.3, -0.25) is 0 Å². The Morgan fingerprint density at radius 3 is 2.57 bits per heavy atom. The molecule has 78 valence electrons. The minimum Gasteiger partial charge on any atom is -0.494 e. The Morgan fingerprint density at radius 1 is 1.50 bits per heavy atom. The van der Waals surface area contributed by atoms with Crippen molar-refractivity contribution in [3.63, 3.8) is 0 Å². The molecule has 0 radical (unpaired) electrons. The molecule has 0 aliphatic heterocycles. The number of ether oxygens (including phenoxy) is 1. The first-order chi connectivity index (χ1) is 6.50. The van der Waals surface area contributed by atoms with Gasteiger partial charge in [0.1, 0.15) is 0 Å². The van der Waals surface area contributed by atoms with Crippen LogP contribution >= 0.6 is 11.6 Å². The minimum absolute atomic E-state index is 0.0469. The van der Waals surface area contributed by atoms with E-state index in [-0.39, 0.29) is 17.2 Å². The summed E-state index contributed by atoms with van der Waals surface area (Å²) in [5.74, 6) is -0.357. The van der Waals surface area contributed by atoms with Crippen LogP contribution in [0.25, 0.3) is 0 Å². The maximum Gasteiger partial charge on any atom is 0.437 e. The van der Waals surface area contributed by atoms with Crippen LogP contribution in [0.3, 0.4) is 0 Å². The van der Waals surface area contributed by atoms with Gasteiger partial charge in [0.05, 0.1) is 13.0 Å². The van der Waals surface area contributed by atoms with Crippen LogP contribution in [0.2, 0.25) is 0 Å². The standard InChI is InChI=1S/C8H7ClF3NO/c1-14-6-5(4-9)2-3-13-7(6)8(10,11)12/h2-3H,4H2,1H3. The molecule has 0 amide bonds. The number of methoxy groups -OCH3 is 1. The van der Waals surface area contributed by atoms with Crippen LogP contribution in [0, 0.1) is 0 Å². The van der Waals surface area contributed by atoms with Gasteiger partial charge in [0.25, 0.3) is 0 Å². The highest BCUT2D eigenvalue weighted by Crippen LogP contribution is 2.36. The van der Waals surface area contributed by atoms with Crippen LogP contribution in [0.5, 0.6) is 5.75 Å². The number of hydrogen-bond donors (Lipinski definition) is 0. The summed E-state index contributed by atoms with van der Waals surface area (Å²) in [6, 6.07) is 1.39. The van der Waals surface area contributed by atoms with E-state index in [1.54, 1.807) is 0 Å². The van der Waals surface area contributed by atoms with E-state index in [0.29, 0.717) is 0 Å². The predicted molar refractivity (Wildman–Crippen MR) is 45.3 cm³/mol. The molecule has 2 nitrogen and oxygen atoms in total. The first kappa shape index (κ1) is 11.1. The van der Waals surface area contributed by atoms with E-state index in [1.165, 1.54) is 6.07 Å².